The number of ketones is 1. The minimum atomic E-state index is -0.114. The van der Waals surface area contributed by atoms with Crippen LogP contribution in [0.25, 0.3) is 0 Å². The molecule has 1 nitrogen and oxygen atoms in total. The molecule has 20 heavy (non-hydrogen) atoms. The highest BCUT2D eigenvalue weighted by Crippen LogP contribution is 2.39. The molecule has 0 saturated heterocycles. The maximum absolute atomic E-state index is 12.6. The quantitative estimate of drug-likeness (QED) is 0.697. The van der Waals surface area contributed by atoms with Crippen molar-refractivity contribution in [2.45, 2.75) is 65.2 Å². The molecular formula is C19H28O. The number of rotatable bonds is 6. The van der Waals surface area contributed by atoms with Crippen molar-refractivity contribution in [2.24, 2.45) is 11.3 Å². The van der Waals surface area contributed by atoms with E-state index in [2.05, 4.69) is 38.1 Å². The number of aryl methyl sites for hydroxylation is 1. The second-order valence-electron chi connectivity index (χ2n) is 6.82. The summed E-state index contributed by atoms with van der Waals surface area (Å²) < 4.78 is 0. The van der Waals surface area contributed by atoms with Crippen LogP contribution in [0.3, 0.4) is 0 Å². The van der Waals surface area contributed by atoms with Gasteiger partial charge in [-0.05, 0) is 37.2 Å². The molecule has 1 aliphatic carbocycles. The van der Waals surface area contributed by atoms with E-state index in [9.17, 15) is 4.79 Å². The molecule has 0 aromatic heterocycles. The highest BCUT2D eigenvalue weighted by Gasteiger charge is 2.36. The zero-order valence-electron chi connectivity index (χ0n) is 13.0. The van der Waals surface area contributed by atoms with Crippen LogP contribution in [-0.4, -0.2) is 5.78 Å². The summed E-state index contributed by atoms with van der Waals surface area (Å²) in [4.78, 5) is 12.6. The second kappa shape index (κ2) is 7.06. The summed E-state index contributed by atoms with van der Waals surface area (Å²) in [6, 6.07) is 10.5. The third kappa shape index (κ3) is 3.94. The van der Waals surface area contributed by atoms with E-state index in [1.165, 1.54) is 37.7 Å². The van der Waals surface area contributed by atoms with Crippen molar-refractivity contribution >= 4 is 5.78 Å². The molecule has 2 rings (SSSR count). The van der Waals surface area contributed by atoms with Crippen molar-refractivity contribution in [2.75, 3.05) is 0 Å². The number of hydrogen-bond donors (Lipinski definition) is 0. The Hall–Kier alpha value is -1.11. The minimum Gasteiger partial charge on any atom is -0.299 e. The highest BCUT2D eigenvalue weighted by molar-refractivity contribution is 5.84. The summed E-state index contributed by atoms with van der Waals surface area (Å²) in [5, 5.41) is 0. The lowest BCUT2D eigenvalue weighted by atomic mass is 9.68. The maximum Gasteiger partial charge on any atom is 0.138 e. The van der Waals surface area contributed by atoms with Crippen LogP contribution in [0.1, 0.15) is 64.4 Å². The van der Waals surface area contributed by atoms with Gasteiger partial charge in [-0.3, -0.25) is 4.79 Å². The summed E-state index contributed by atoms with van der Waals surface area (Å²) in [5.41, 5.74) is 1.23. The molecule has 0 radical (unpaired) electrons. The first-order valence-electron chi connectivity index (χ1n) is 8.18. The Bertz CT molecular complexity index is 413. The molecule has 0 bridgehead atoms. The van der Waals surface area contributed by atoms with E-state index in [0.29, 0.717) is 11.7 Å². The van der Waals surface area contributed by atoms with Crippen LogP contribution in [0.15, 0.2) is 30.3 Å². The summed E-state index contributed by atoms with van der Waals surface area (Å²) in [7, 11) is 0. The molecule has 1 fully saturated rings. The first-order valence-corrected chi connectivity index (χ1v) is 8.18. The van der Waals surface area contributed by atoms with E-state index in [4.69, 9.17) is 0 Å². The molecule has 0 heterocycles. The van der Waals surface area contributed by atoms with Gasteiger partial charge in [-0.25, -0.2) is 0 Å². The predicted molar refractivity (Wildman–Crippen MR) is 84.7 cm³/mol. The average molecular weight is 272 g/mol. The topological polar surface area (TPSA) is 17.1 Å². The molecular weight excluding hydrogens is 244 g/mol. The number of carbonyl (C=O) groups is 1. The fraction of sp³-hybridized carbons (Fsp3) is 0.632. The van der Waals surface area contributed by atoms with Gasteiger partial charge in [-0.1, -0.05) is 63.4 Å². The standard InChI is InChI=1S/C19H28O/c1-19(2,17-13-7-4-8-14-17)18(20)15-9-12-16-10-5-3-6-11-16/h3,5-6,10-11,17H,4,7-9,12-15H2,1-2H3. The number of carbonyl (C=O) groups excluding carboxylic acids is 1. The average Bonchev–Trinajstić information content (AvgIpc) is 2.49. The molecule has 1 saturated carbocycles. The Morgan fingerprint density at radius 1 is 1.10 bits per heavy atom. The third-order valence-corrected chi connectivity index (χ3v) is 5.06. The highest BCUT2D eigenvalue weighted by atomic mass is 16.1. The van der Waals surface area contributed by atoms with Crippen LogP contribution in [0.5, 0.6) is 0 Å². The number of Topliss-reactive ketones (excluding diaryl/α,β-unsaturated/α-hetero) is 1. The Balaban J connectivity index is 1.81. The largest absolute Gasteiger partial charge is 0.299 e. The number of hydrogen-bond acceptors (Lipinski definition) is 1. The zero-order chi connectivity index (χ0) is 14.4. The van der Waals surface area contributed by atoms with Crippen LogP contribution in [0, 0.1) is 11.3 Å². The first-order chi connectivity index (χ1) is 9.60. The van der Waals surface area contributed by atoms with Crippen molar-refractivity contribution in [3.05, 3.63) is 35.9 Å². The van der Waals surface area contributed by atoms with Crippen molar-refractivity contribution in [3.8, 4) is 0 Å². The molecule has 0 atom stereocenters. The van der Waals surface area contributed by atoms with Gasteiger partial charge in [-0.15, -0.1) is 0 Å². The maximum atomic E-state index is 12.6. The fourth-order valence-electron chi connectivity index (χ4n) is 3.47. The predicted octanol–water partition coefficient (Wildman–Crippen LogP) is 5.18. The van der Waals surface area contributed by atoms with E-state index in [-0.39, 0.29) is 5.41 Å². The normalized spacial score (nSPS) is 17.1. The van der Waals surface area contributed by atoms with Gasteiger partial charge in [-0.2, -0.15) is 0 Å². The molecule has 1 heteroatoms. The van der Waals surface area contributed by atoms with Gasteiger partial charge in [0.2, 0.25) is 0 Å². The Morgan fingerprint density at radius 3 is 2.40 bits per heavy atom. The van der Waals surface area contributed by atoms with Crippen LogP contribution >= 0.6 is 0 Å². The van der Waals surface area contributed by atoms with Gasteiger partial charge >= 0.3 is 0 Å². The SMILES string of the molecule is CC(C)(C(=O)CCCc1ccccc1)C1CCCCC1. The van der Waals surface area contributed by atoms with E-state index in [1.807, 2.05) is 6.07 Å². The Labute approximate surface area is 123 Å². The van der Waals surface area contributed by atoms with Crippen LogP contribution in [0.2, 0.25) is 0 Å². The van der Waals surface area contributed by atoms with Crippen LogP contribution in [0.4, 0.5) is 0 Å². The zero-order valence-corrected chi connectivity index (χ0v) is 13.0. The Kier molecular flexibility index (Phi) is 5.39. The lowest BCUT2D eigenvalue weighted by Crippen LogP contribution is -2.34. The van der Waals surface area contributed by atoms with Gasteiger partial charge in [0.25, 0.3) is 0 Å². The first kappa shape index (κ1) is 15.3. The molecule has 1 aromatic rings. The molecule has 0 unspecified atom stereocenters. The Morgan fingerprint density at radius 2 is 1.75 bits per heavy atom. The minimum absolute atomic E-state index is 0.114. The van der Waals surface area contributed by atoms with Crippen LogP contribution in [-0.2, 0) is 11.2 Å². The lowest BCUT2D eigenvalue weighted by Gasteiger charge is -2.35. The van der Waals surface area contributed by atoms with Crippen LogP contribution < -0.4 is 0 Å². The summed E-state index contributed by atoms with van der Waals surface area (Å²) in [5.74, 6) is 1.08. The van der Waals surface area contributed by atoms with Crippen molar-refractivity contribution < 1.29 is 4.79 Å². The molecule has 0 N–H and O–H groups in total. The van der Waals surface area contributed by atoms with Gasteiger partial charge in [0.05, 0.1) is 0 Å². The molecule has 1 aliphatic rings. The molecule has 1 aromatic carbocycles. The molecule has 0 aliphatic heterocycles. The summed E-state index contributed by atoms with van der Waals surface area (Å²) in [6.07, 6.45) is 9.21. The lowest BCUT2D eigenvalue weighted by molar-refractivity contribution is -0.130. The second-order valence-corrected chi connectivity index (χ2v) is 6.82. The van der Waals surface area contributed by atoms with Gasteiger partial charge in [0.1, 0.15) is 5.78 Å². The smallest absolute Gasteiger partial charge is 0.138 e. The molecule has 0 spiro atoms. The summed E-state index contributed by atoms with van der Waals surface area (Å²) in [6.45, 7) is 4.35. The van der Waals surface area contributed by atoms with Gasteiger partial charge in [0.15, 0.2) is 0 Å². The fourth-order valence-corrected chi connectivity index (χ4v) is 3.47. The van der Waals surface area contributed by atoms with E-state index >= 15 is 0 Å². The van der Waals surface area contributed by atoms with Crippen molar-refractivity contribution in [3.63, 3.8) is 0 Å². The summed E-state index contributed by atoms with van der Waals surface area (Å²) >= 11 is 0. The third-order valence-electron chi connectivity index (χ3n) is 5.06. The van der Waals surface area contributed by atoms with E-state index in [1.54, 1.807) is 0 Å². The van der Waals surface area contributed by atoms with E-state index in [0.717, 1.165) is 19.3 Å². The van der Waals surface area contributed by atoms with Crippen molar-refractivity contribution in [1.29, 1.82) is 0 Å². The van der Waals surface area contributed by atoms with Gasteiger partial charge < -0.3 is 0 Å². The monoisotopic (exact) mass is 272 g/mol. The van der Waals surface area contributed by atoms with E-state index < -0.39 is 0 Å². The van der Waals surface area contributed by atoms with Crippen molar-refractivity contribution in [1.82, 2.24) is 0 Å². The number of benzene rings is 1. The van der Waals surface area contributed by atoms with Gasteiger partial charge in [0, 0.05) is 11.8 Å². The molecule has 110 valence electrons. The molecule has 0 amide bonds.